The third kappa shape index (κ3) is 13.2. The second kappa shape index (κ2) is 16.3. The molecule has 1 unspecified atom stereocenters. The molecule has 16 nitrogen and oxygen atoms in total. The molecule has 240 valence electrons. The van der Waals surface area contributed by atoms with Gasteiger partial charge in [-0.3, -0.25) is 0 Å². The average Bonchev–Trinajstić information content (AvgIpc) is 2.88. The second-order valence-corrected chi connectivity index (χ2v) is 12.1. The van der Waals surface area contributed by atoms with Gasteiger partial charge in [0.1, 0.15) is 52.6 Å². The average molecular weight is 713 g/mol. The third-order valence-electron chi connectivity index (χ3n) is 4.34. The number of nitrogens with zero attached hydrogens (tertiary/aromatic N) is 3. The Hall–Kier alpha value is -4.77. The van der Waals surface area contributed by atoms with Gasteiger partial charge in [-0.25, -0.2) is 18.0 Å². The van der Waals surface area contributed by atoms with Crippen LogP contribution >= 0.6 is 10.7 Å². The van der Waals surface area contributed by atoms with Crippen LogP contribution in [-0.2, 0) is 34.6 Å². The van der Waals surface area contributed by atoms with Gasteiger partial charge in [-0.2, -0.15) is 45.6 Å². The maximum atomic E-state index is 13.2. The van der Waals surface area contributed by atoms with E-state index in [1.807, 2.05) is 4.72 Å². The van der Waals surface area contributed by atoms with E-state index >= 15 is 0 Å². The Morgan fingerprint density at radius 1 is 0.956 bits per heavy atom. The van der Waals surface area contributed by atoms with Crippen LogP contribution in [-0.4, -0.2) is 36.4 Å². The topological polar surface area (TPSA) is 282 Å². The highest BCUT2D eigenvalue weighted by atomic mass is 35.7. The number of aromatic hydroxyl groups is 1. The molecule has 0 saturated heterocycles. The molecule has 0 amide bonds. The summed E-state index contributed by atoms with van der Waals surface area (Å²) >= 11 is 0. The van der Waals surface area contributed by atoms with Crippen molar-refractivity contribution in [3.8, 4) is 29.4 Å². The van der Waals surface area contributed by atoms with E-state index in [4.69, 9.17) is 26.2 Å². The normalized spacial score (nSPS) is 14.2. The quantitative estimate of drug-likeness (QED) is 0.170. The predicted octanol–water partition coefficient (Wildman–Crippen LogP) is 1.50. The van der Waals surface area contributed by atoms with Crippen molar-refractivity contribution in [3.05, 3.63) is 88.7 Å². The van der Waals surface area contributed by atoms with Gasteiger partial charge in [-0.05, 0) is 36.4 Å². The first kappa shape index (κ1) is 38.3. The van der Waals surface area contributed by atoms with E-state index in [9.17, 15) is 38.4 Å². The molecule has 3 aromatic rings. The number of nitrogens with two attached hydrogens (primary N) is 2. The van der Waals surface area contributed by atoms with Crippen molar-refractivity contribution in [1.82, 2.24) is 4.72 Å². The maximum Gasteiger partial charge on any atom is 0.384 e. The van der Waals surface area contributed by atoms with Crippen LogP contribution in [0.15, 0.2) is 59.0 Å². The van der Waals surface area contributed by atoms with Crippen LogP contribution in [0, 0.1) is 40.1 Å². The number of halogens is 4. The van der Waals surface area contributed by atoms with E-state index in [-0.39, 0.29) is 22.6 Å². The van der Waals surface area contributed by atoms with Crippen molar-refractivity contribution in [2.75, 3.05) is 0 Å². The lowest BCUT2D eigenvalue weighted by molar-refractivity contribution is 0.421. The first-order valence-electron chi connectivity index (χ1n) is 10.8. The van der Waals surface area contributed by atoms with E-state index in [0.717, 1.165) is 24.3 Å². The van der Waals surface area contributed by atoms with Gasteiger partial charge in [0.25, 0.3) is 6.08 Å². The standard InChI is InChI=1S/C7H7FN2O3S.C7H5FN2O3S.C7H4FNO.CClNO3S/c8-4-2-1-3-5-6(4)7(9)10-14(11,12)13-5;8-6-2-1-3-7(5(6)4-9)13-14(10,11)12;8-6-2-1-3-7(10)5(6)4-9;2-7(5,6)3-1-4/h1-3,7,10H,9H2;1-3H,(H2,10,11,12);1-3,10H;. The lowest BCUT2D eigenvalue weighted by Crippen LogP contribution is -2.41. The highest BCUT2D eigenvalue weighted by Gasteiger charge is 2.30. The lowest BCUT2D eigenvalue weighted by atomic mass is 10.1. The fraction of sp³-hybridized carbons (Fsp3) is 0.0455. The van der Waals surface area contributed by atoms with Crippen LogP contribution in [0.3, 0.4) is 0 Å². The largest absolute Gasteiger partial charge is 0.506 e. The summed E-state index contributed by atoms with van der Waals surface area (Å²) in [5.74, 6) is -2.97. The van der Waals surface area contributed by atoms with Crippen molar-refractivity contribution in [3.63, 3.8) is 0 Å². The highest BCUT2D eigenvalue weighted by molar-refractivity contribution is 8.12. The minimum Gasteiger partial charge on any atom is -0.506 e. The summed E-state index contributed by atoms with van der Waals surface area (Å²) in [7, 11) is -7.77. The van der Waals surface area contributed by atoms with Gasteiger partial charge in [0, 0.05) is 10.7 Å². The van der Waals surface area contributed by atoms with E-state index in [2.05, 4.69) is 28.6 Å². The Balaban J connectivity index is 0.000000310. The summed E-state index contributed by atoms with van der Waals surface area (Å²) in [4.78, 5) is 9.07. The summed E-state index contributed by atoms with van der Waals surface area (Å²) in [6, 6.07) is 14.0. The van der Waals surface area contributed by atoms with Crippen molar-refractivity contribution < 1.29 is 56.7 Å². The Labute approximate surface area is 257 Å². The number of nitrogens with one attached hydrogen (secondary N) is 1. The molecule has 45 heavy (non-hydrogen) atoms. The molecule has 4 rings (SSSR count). The Kier molecular flexibility index (Phi) is 13.9. The van der Waals surface area contributed by atoms with Gasteiger partial charge in [0.15, 0.2) is 11.5 Å². The second-order valence-electron chi connectivity index (χ2n) is 7.43. The first-order valence-corrected chi connectivity index (χ1v) is 16.0. The number of hydrogen-bond donors (Lipinski definition) is 4. The zero-order chi connectivity index (χ0) is 34.6. The fourth-order valence-electron chi connectivity index (χ4n) is 2.72. The number of benzene rings is 3. The van der Waals surface area contributed by atoms with Gasteiger partial charge in [0.2, 0.25) is 0 Å². The molecule has 1 atom stereocenters. The number of nitriles is 2. The van der Waals surface area contributed by atoms with Crippen LogP contribution in [0.4, 0.5) is 13.2 Å². The van der Waals surface area contributed by atoms with Gasteiger partial charge in [0.05, 0.1) is 5.56 Å². The molecule has 23 heteroatoms. The molecule has 0 aliphatic carbocycles. The van der Waals surface area contributed by atoms with Crippen molar-refractivity contribution in [1.29, 1.82) is 10.5 Å². The van der Waals surface area contributed by atoms with E-state index < -0.39 is 64.8 Å². The highest BCUT2D eigenvalue weighted by Crippen LogP contribution is 2.30. The van der Waals surface area contributed by atoms with Crippen LogP contribution in [0.2, 0.25) is 0 Å². The van der Waals surface area contributed by atoms with Crippen molar-refractivity contribution in [2.45, 2.75) is 6.17 Å². The number of carbonyl (C=O) groups excluding carboxylic acids is 1. The molecule has 1 heterocycles. The Bertz CT molecular complexity index is 2000. The Morgan fingerprint density at radius 2 is 1.47 bits per heavy atom. The summed E-state index contributed by atoms with van der Waals surface area (Å²) in [6.07, 6.45) is -0.344. The predicted molar refractivity (Wildman–Crippen MR) is 147 cm³/mol. The minimum atomic E-state index is -4.24. The summed E-state index contributed by atoms with van der Waals surface area (Å²) < 4.78 is 114. The van der Waals surface area contributed by atoms with E-state index in [0.29, 0.717) is 0 Å². The summed E-state index contributed by atoms with van der Waals surface area (Å²) in [5, 5.41) is 30.1. The van der Waals surface area contributed by atoms with Gasteiger partial charge >= 0.3 is 29.8 Å². The van der Waals surface area contributed by atoms with E-state index in [1.54, 1.807) is 0 Å². The molecule has 0 spiro atoms. The van der Waals surface area contributed by atoms with Gasteiger partial charge in [-0.1, -0.05) is 22.6 Å². The molecular weight excluding hydrogens is 697 g/mol. The molecule has 1 aliphatic heterocycles. The lowest BCUT2D eigenvalue weighted by Gasteiger charge is -2.23. The molecule has 0 fully saturated rings. The monoisotopic (exact) mass is 712 g/mol. The molecule has 0 aromatic heterocycles. The zero-order valence-corrected chi connectivity index (χ0v) is 24.8. The maximum absolute atomic E-state index is 13.2. The number of hydrogen-bond acceptors (Lipinski definition) is 13. The number of fused-ring (bicyclic) bond motifs is 1. The van der Waals surface area contributed by atoms with Crippen LogP contribution in [0.25, 0.3) is 0 Å². The first-order chi connectivity index (χ1) is 20.7. The smallest absolute Gasteiger partial charge is 0.384 e. The van der Waals surface area contributed by atoms with E-state index in [1.165, 1.54) is 48.5 Å². The summed E-state index contributed by atoms with van der Waals surface area (Å²) in [5.41, 5.74) is 4.63. The van der Waals surface area contributed by atoms with Gasteiger partial charge in [-0.15, -0.1) is 0 Å². The molecule has 3 aromatic carbocycles. The van der Waals surface area contributed by atoms with Crippen molar-refractivity contribution >= 4 is 46.6 Å². The number of isocyanates is 1. The molecule has 0 saturated carbocycles. The van der Waals surface area contributed by atoms with Crippen LogP contribution in [0.5, 0.6) is 17.2 Å². The summed E-state index contributed by atoms with van der Waals surface area (Å²) in [6.45, 7) is 0. The Morgan fingerprint density at radius 3 is 1.91 bits per heavy atom. The van der Waals surface area contributed by atoms with Crippen LogP contribution < -0.4 is 24.0 Å². The van der Waals surface area contributed by atoms with Gasteiger partial charge < -0.3 is 19.2 Å². The number of phenolic OH excluding ortho intramolecular Hbond substituents is 1. The molecule has 0 bridgehead atoms. The van der Waals surface area contributed by atoms with Crippen molar-refractivity contribution in [2.24, 2.45) is 15.3 Å². The minimum absolute atomic E-state index is 0.0160. The fourth-order valence-corrected chi connectivity index (χ4v) is 4.15. The third-order valence-corrected chi connectivity index (χ3v) is 6.19. The zero-order valence-electron chi connectivity index (χ0n) is 21.6. The molecular formula is C22H16ClF3N6O10S3. The molecule has 0 radical (unpaired) electrons. The molecule has 6 N–H and O–H groups in total. The SMILES string of the molecule is N#Cc1c(F)cccc1OS(N)(=O)=O.N#Cc1c(O)cccc1F.NC1NS(=O)(=O)Oc2cccc(F)c21.O=C=NS(=O)(=O)Cl. The molecule has 1 aliphatic rings. The number of phenols is 1. The van der Waals surface area contributed by atoms with Crippen LogP contribution in [0.1, 0.15) is 22.9 Å². The number of rotatable bonds is 3.